The van der Waals surface area contributed by atoms with Gasteiger partial charge in [-0.25, -0.2) is 4.98 Å². The lowest BCUT2D eigenvalue weighted by atomic mass is 10.1. The molecule has 1 unspecified atom stereocenters. The van der Waals surface area contributed by atoms with E-state index in [2.05, 4.69) is 17.2 Å². The Morgan fingerprint density at radius 2 is 2.33 bits per heavy atom. The summed E-state index contributed by atoms with van der Waals surface area (Å²) in [6, 6.07) is 3.61. The molecule has 1 aromatic heterocycles. The summed E-state index contributed by atoms with van der Waals surface area (Å²) in [7, 11) is 0. The molecule has 1 amide bonds. The van der Waals surface area contributed by atoms with Crippen molar-refractivity contribution in [2.24, 2.45) is 0 Å². The SMILES string of the molecule is CCCNc1ccc(Cl)c(C(=O)N2CCOCC2CC)n1. The molecule has 1 aliphatic rings. The van der Waals surface area contributed by atoms with Crippen molar-refractivity contribution in [1.29, 1.82) is 0 Å². The molecule has 1 aromatic rings. The summed E-state index contributed by atoms with van der Waals surface area (Å²) in [6.45, 7) is 6.67. The number of carbonyl (C=O) groups is 1. The van der Waals surface area contributed by atoms with E-state index in [4.69, 9.17) is 16.3 Å². The van der Waals surface area contributed by atoms with Crippen LogP contribution in [0.25, 0.3) is 0 Å². The molecule has 1 aliphatic heterocycles. The molecular formula is C15H22ClN3O2. The summed E-state index contributed by atoms with van der Waals surface area (Å²) in [5.74, 6) is 0.571. The van der Waals surface area contributed by atoms with Gasteiger partial charge in [0.1, 0.15) is 11.5 Å². The molecule has 0 aliphatic carbocycles. The molecular weight excluding hydrogens is 290 g/mol. The van der Waals surface area contributed by atoms with Gasteiger partial charge in [-0.15, -0.1) is 0 Å². The van der Waals surface area contributed by atoms with Crippen molar-refractivity contribution in [3.63, 3.8) is 0 Å². The van der Waals surface area contributed by atoms with E-state index < -0.39 is 0 Å². The highest BCUT2D eigenvalue weighted by Gasteiger charge is 2.29. The van der Waals surface area contributed by atoms with E-state index in [0.29, 0.717) is 36.3 Å². The van der Waals surface area contributed by atoms with Crippen LogP contribution in [0.15, 0.2) is 12.1 Å². The van der Waals surface area contributed by atoms with Crippen LogP contribution in [0.1, 0.15) is 37.2 Å². The minimum Gasteiger partial charge on any atom is -0.377 e. The van der Waals surface area contributed by atoms with Crippen LogP contribution < -0.4 is 5.32 Å². The van der Waals surface area contributed by atoms with Crippen molar-refractivity contribution in [2.45, 2.75) is 32.7 Å². The maximum absolute atomic E-state index is 12.7. The smallest absolute Gasteiger partial charge is 0.274 e. The predicted molar refractivity (Wildman–Crippen MR) is 84.0 cm³/mol. The van der Waals surface area contributed by atoms with Crippen LogP contribution in [0.2, 0.25) is 5.02 Å². The lowest BCUT2D eigenvalue weighted by Crippen LogP contribution is -2.48. The molecule has 1 saturated heterocycles. The third kappa shape index (κ3) is 3.86. The molecule has 0 spiro atoms. The van der Waals surface area contributed by atoms with Gasteiger partial charge in [0.15, 0.2) is 0 Å². The average molecular weight is 312 g/mol. The van der Waals surface area contributed by atoms with E-state index in [1.165, 1.54) is 0 Å². The van der Waals surface area contributed by atoms with Crippen molar-refractivity contribution in [3.05, 3.63) is 22.8 Å². The molecule has 0 bridgehead atoms. The Kier molecular flexibility index (Phi) is 5.82. The second-order valence-electron chi connectivity index (χ2n) is 5.09. The average Bonchev–Trinajstić information content (AvgIpc) is 2.53. The molecule has 0 aromatic carbocycles. The fourth-order valence-corrected chi connectivity index (χ4v) is 2.53. The van der Waals surface area contributed by atoms with Crippen molar-refractivity contribution in [2.75, 3.05) is 31.6 Å². The van der Waals surface area contributed by atoms with Gasteiger partial charge in [-0.1, -0.05) is 25.4 Å². The number of ether oxygens (including phenoxy) is 1. The number of anilines is 1. The number of morpholine rings is 1. The van der Waals surface area contributed by atoms with Gasteiger partial charge < -0.3 is 15.0 Å². The fourth-order valence-electron chi connectivity index (χ4n) is 2.34. The van der Waals surface area contributed by atoms with Crippen LogP contribution in [-0.2, 0) is 4.74 Å². The minimum atomic E-state index is -0.115. The van der Waals surface area contributed by atoms with Crippen LogP contribution in [-0.4, -0.2) is 48.1 Å². The second kappa shape index (κ2) is 7.61. The number of rotatable bonds is 5. The van der Waals surface area contributed by atoms with Crippen molar-refractivity contribution < 1.29 is 9.53 Å². The summed E-state index contributed by atoms with van der Waals surface area (Å²) in [5, 5.41) is 3.57. The third-order valence-corrected chi connectivity index (χ3v) is 3.87. The van der Waals surface area contributed by atoms with Crippen LogP contribution in [0.4, 0.5) is 5.82 Å². The number of pyridine rings is 1. The third-order valence-electron chi connectivity index (χ3n) is 3.56. The van der Waals surface area contributed by atoms with E-state index in [1.807, 2.05) is 11.8 Å². The number of halogens is 1. The molecule has 2 heterocycles. The molecule has 2 rings (SSSR count). The lowest BCUT2D eigenvalue weighted by molar-refractivity contribution is -0.00308. The van der Waals surface area contributed by atoms with E-state index in [1.54, 1.807) is 12.1 Å². The zero-order valence-corrected chi connectivity index (χ0v) is 13.3. The van der Waals surface area contributed by atoms with Gasteiger partial charge >= 0.3 is 0 Å². The van der Waals surface area contributed by atoms with E-state index >= 15 is 0 Å². The van der Waals surface area contributed by atoms with E-state index in [0.717, 1.165) is 19.4 Å². The lowest BCUT2D eigenvalue weighted by Gasteiger charge is -2.35. The number of amides is 1. The summed E-state index contributed by atoms with van der Waals surface area (Å²) < 4.78 is 5.44. The van der Waals surface area contributed by atoms with Crippen LogP contribution in [0.3, 0.4) is 0 Å². The highest BCUT2D eigenvalue weighted by molar-refractivity contribution is 6.33. The summed E-state index contributed by atoms with van der Waals surface area (Å²) in [5.41, 5.74) is 0.318. The highest BCUT2D eigenvalue weighted by atomic mass is 35.5. The zero-order chi connectivity index (χ0) is 15.2. The first-order valence-corrected chi connectivity index (χ1v) is 7.84. The van der Waals surface area contributed by atoms with Gasteiger partial charge in [0.05, 0.1) is 24.3 Å². The maximum atomic E-state index is 12.7. The minimum absolute atomic E-state index is 0.0939. The number of hydrogen-bond donors (Lipinski definition) is 1. The second-order valence-corrected chi connectivity index (χ2v) is 5.50. The topological polar surface area (TPSA) is 54.5 Å². The van der Waals surface area contributed by atoms with Crippen molar-refractivity contribution in [3.8, 4) is 0 Å². The number of carbonyl (C=O) groups excluding carboxylic acids is 1. The first-order valence-electron chi connectivity index (χ1n) is 7.46. The first-order chi connectivity index (χ1) is 10.2. The molecule has 1 atom stereocenters. The van der Waals surface area contributed by atoms with Gasteiger partial charge in [-0.3, -0.25) is 4.79 Å². The summed E-state index contributed by atoms with van der Waals surface area (Å²) >= 11 is 6.17. The van der Waals surface area contributed by atoms with Gasteiger partial charge in [0.2, 0.25) is 0 Å². The highest BCUT2D eigenvalue weighted by Crippen LogP contribution is 2.21. The van der Waals surface area contributed by atoms with Crippen LogP contribution in [0.5, 0.6) is 0 Å². The molecule has 1 N–H and O–H groups in total. The van der Waals surface area contributed by atoms with Gasteiger partial charge in [0.25, 0.3) is 5.91 Å². The van der Waals surface area contributed by atoms with Gasteiger partial charge in [0, 0.05) is 13.1 Å². The van der Waals surface area contributed by atoms with Crippen LogP contribution in [0, 0.1) is 0 Å². The monoisotopic (exact) mass is 311 g/mol. The quantitative estimate of drug-likeness (QED) is 0.908. The molecule has 0 radical (unpaired) electrons. The van der Waals surface area contributed by atoms with E-state index in [9.17, 15) is 4.79 Å². The Bertz CT molecular complexity index is 496. The first kappa shape index (κ1) is 16.0. The Morgan fingerprint density at radius 1 is 1.52 bits per heavy atom. The predicted octanol–water partition coefficient (Wildman–Crippen LogP) is 2.81. The number of nitrogens with one attached hydrogen (secondary N) is 1. The molecule has 116 valence electrons. The number of nitrogens with zero attached hydrogens (tertiary/aromatic N) is 2. The van der Waals surface area contributed by atoms with Gasteiger partial charge in [-0.05, 0) is 25.0 Å². The zero-order valence-electron chi connectivity index (χ0n) is 12.6. The fraction of sp³-hybridized carbons (Fsp3) is 0.600. The molecule has 21 heavy (non-hydrogen) atoms. The Hall–Kier alpha value is -1.33. The summed E-state index contributed by atoms with van der Waals surface area (Å²) in [4.78, 5) is 18.9. The Labute approximate surface area is 130 Å². The standard InChI is InChI=1S/C15H22ClN3O2/c1-3-7-17-13-6-5-12(16)14(18-13)15(20)19-8-9-21-10-11(19)4-2/h5-6,11H,3-4,7-10H2,1-2H3,(H,17,18). The number of hydrogen-bond acceptors (Lipinski definition) is 4. The molecule has 5 nitrogen and oxygen atoms in total. The van der Waals surface area contributed by atoms with E-state index in [-0.39, 0.29) is 11.9 Å². The Balaban J connectivity index is 2.20. The van der Waals surface area contributed by atoms with Crippen molar-refractivity contribution >= 4 is 23.3 Å². The van der Waals surface area contributed by atoms with Crippen molar-refractivity contribution in [1.82, 2.24) is 9.88 Å². The largest absolute Gasteiger partial charge is 0.377 e. The summed E-state index contributed by atoms with van der Waals surface area (Å²) in [6.07, 6.45) is 1.85. The van der Waals surface area contributed by atoms with Gasteiger partial charge in [-0.2, -0.15) is 0 Å². The maximum Gasteiger partial charge on any atom is 0.274 e. The number of aromatic nitrogens is 1. The Morgan fingerprint density at radius 3 is 3.05 bits per heavy atom. The van der Waals surface area contributed by atoms with Crippen LogP contribution >= 0.6 is 11.6 Å². The molecule has 0 saturated carbocycles. The molecule has 6 heteroatoms. The normalized spacial score (nSPS) is 18.6. The molecule has 1 fully saturated rings.